The van der Waals surface area contributed by atoms with Crippen LogP contribution in [0.15, 0.2) is 73.3 Å². The van der Waals surface area contributed by atoms with Crippen LogP contribution in [0.25, 0.3) is 55.7 Å². The van der Waals surface area contributed by atoms with E-state index < -0.39 is 0 Å². The number of pyridine rings is 3. The third kappa shape index (κ3) is 2.97. The molecule has 7 nitrogen and oxygen atoms in total. The second kappa shape index (κ2) is 6.98. The van der Waals surface area contributed by atoms with Crippen LogP contribution in [0.4, 0.5) is 10.1 Å². The molecular weight excluding hydrogens is 405 g/mol. The summed E-state index contributed by atoms with van der Waals surface area (Å²) in [6.07, 6.45) is 6.87. The molecule has 5 heterocycles. The quantitative estimate of drug-likeness (QED) is 0.374. The van der Waals surface area contributed by atoms with Gasteiger partial charge in [0.15, 0.2) is 0 Å². The summed E-state index contributed by atoms with van der Waals surface area (Å²) in [5.74, 6) is -0.274. The van der Waals surface area contributed by atoms with E-state index in [0.29, 0.717) is 11.4 Å². The van der Waals surface area contributed by atoms with Crippen LogP contribution in [-0.4, -0.2) is 30.1 Å². The zero-order valence-electron chi connectivity index (χ0n) is 16.7. The molecule has 0 saturated carbocycles. The third-order valence-electron chi connectivity index (χ3n) is 5.42. The minimum atomic E-state index is -0.274. The summed E-state index contributed by atoms with van der Waals surface area (Å²) in [5.41, 5.74) is 13.7. The van der Waals surface area contributed by atoms with E-state index in [2.05, 4.69) is 25.1 Å². The number of nitrogens with zero attached hydrogens (tertiary/aromatic N) is 4. The van der Waals surface area contributed by atoms with Gasteiger partial charge in [-0.3, -0.25) is 15.1 Å². The maximum atomic E-state index is 13.4. The Morgan fingerprint density at radius 1 is 0.812 bits per heavy atom. The first-order chi connectivity index (χ1) is 15.7. The van der Waals surface area contributed by atoms with Crippen molar-refractivity contribution in [2.24, 2.45) is 0 Å². The minimum absolute atomic E-state index is 0.274. The van der Waals surface area contributed by atoms with Crippen molar-refractivity contribution in [1.29, 1.82) is 0 Å². The normalized spacial score (nSPS) is 11.4. The van der Waals surface area contributed by atoms with Gasteiger partial charge in [-0.1, -0.05) is 12.1 Å². The van der Waals surface area contributed by atoms with Gasteiger partial charge < -0.3 is 10.7 Å². The largest absolute Gasteiger partial charge is 0.397 e. The Balaban J connectivity index is 1.50. The molecule has 0 unspecified atom stereocenters. The van der Waals surface area contributed by atoms with Gasteiger partial charge in [0, 0.05) is 35.1 Å². The fourth-order valence-corrected chi connectivity index (χ4v) is 3.88. The fraction of sp³-hybridized carbons (Fsp3) is 0. The van der Waals surface area contributed by atoms with Crippen LogP contribution in [0, 0.1) is 5.82 Å². The lowest BCUT2D eigenvalue weighted by Crippen LogP contribution is -1.90. The zero-order chi connectivity index (χ0) is 21.7. The molecule has 0 fully saturated rings. The van der Waals surface area contributed by atoms with Gasteiger partial charge in [-0.05, 0) is 42.0 Å². The van der Waals surface area contributed by atoms with Gasteiger partial charge in [0.1, 0.15) is 17.0 Å². The number of benzene rings is 1. The summed E-state index contributed by atoms with van der Waals surface area (Å²) in [6.45, 7) is 0. The van der Waals surface area contributed by atoms with Crippen molar-refractivity contribution in [2.45, 2.75) is 0 Å². The van der Waals surface area contributed by atoms with E-state index in [0.717, 1.165) is 50.0 Å². The number of nitrogen functional groups attached to an aromatic ring is 1. The molecule has 0 atom stereocenters. The number of nitrogens with one attached hydrogen (secondary N) is 2. The molecule has 6 rings (SSSR count). The fourth-order valence-electron chi connectivity index (χ4n) is 3.88. The van der Waals surface area contributed by atoms with Crippen molar-refractivity contribution in [2.75, 3.05) is 5.73 Å². The van der Waals surface area contributed by atoms with Crippen LogP contribution in [-0.2, 0) is 0 Å². The number of hydrogen-bond donors (Lipinski definition) is 3. The first kappa shape index (κ1) is 18.2. The summed E-state index contributed by atoms with van der Waals surface area (Å²) in [6, 6.07) is 14.1. The molecule has 0 saturated heterocycles. The van der Waals surface area contributed by atoms with Crippen LogP contribution in [0.1, 0.15) is 0 Å². The number of hydrogen-bond acceptors (Lipinski definition) is 5. The number of halogens is 1. The van der Waals surface area contributed by atoms with Gasteiger partial charge in [0.25, 0.3) is 0 Å². The molecule has 0 amide bonds. The number of aromatic amines is 2. The predicted octanol–water partition coefficient (Wildman–Crippen LogP) is 4.95. The molecule has 0 aliphatic rings. The molecule has 154 valence electrons. The second-order valence-corrected chi connectivity index (χ2v) is 7.51. The van der Waals surface area contributed by atoms with Crippen LogP contribution < -0.4 is 5.73 Å². The second-order valence-electron chi connectivity index (χ2n) is 7.51. The number of nitrogens with two attached hydrogens (primary N) is 1. The maximum absolute atomic E-state index is 13.4. The van der Waals surface area contributed by atoms with Gasteiger partial charge >= 0.3 is 0 Å². The van der Waals surface area contributed by atoms with Crippen LogP contribution in [0.5, 0.6) is 0 Å². The maximum Gasteiger partial charge on any atom is 0.135 e. The Bertz CT molecular complexity index is 1600. The summed E-state index contributed by atoms with van der Waals surface area (Å²) >= 11 is 0. The Morgan fingerprint density at radius 2 is 1.66 bits per heavy atom. The Morgan fingerprint density at radius 3 is 2.50 bits per heavy atom. The van der Waals surface area contributed by atoms with Crippen molar-refractivity contribution in [3.8, 4) is 33.8 Å². The Hall–Kier alpha value is -4.59. The van der Waals surface area contributed by atoms with Crippen LogP contribution in [0.2, 0.25) is 0 Å². The van der Waals surface area contributed by atoms with E-state index in [1.807, 2.05) is 24.3 Å². The van der Waals surface area contributed by atoms with Crippen molar-refractivity contribution >= 4 is 27.6 Å². The monoisotopic (exact) mass is 421 g/mol. The van der Waals surface area contributed by atoms with Crippen molar-refractivity contribution in [3.05, 3.63) is 79.1 Å². The highest BCUT2D eigenvalue weighted by Crippen LogP contribution is 2.33. The molecule has 32 heavy (non-hydrogen) atoms. The SMILES string of the molecule is Nc1cncc(-c2ccc3[nH]nc(-c4cc5c(-c6ccc(F)cc6)cncc5[nH]4)c3n2)c1. The van der Waals surface area contributed by atoms with Gasteiger partial charge in [-0.15, -0.1) is 0 Å². The highest BCUT2D eigenvalue weighted by molar-refractivity contribution is 6.00. The molecule has 0 radical (unpaired) electrons. The first-order valence-electron chi connectivity index (χ1n) is 9.95. The average Bonchev–Trinajstić information content (AvgIpc) is 3.43. The highest BCUT2D eigenvalue weighted by Gasteiger charge is 2.16. The van der Waals surface area contributed by atoms with Gasteiger partial charge in [0.2, 0.25) is 0 Å². The third-order valence-corrected chi connectivity index (χ3v) is 5.42. The Kier molecular flexibility index (Phi) is 3.97. The van der Waals surface area contributed by atoms with Crippen molar-refractivity contribution in [3.63, 3.8) is 0 Å². The molecule has 5 aromatic heterocycles. The number of fused-ring (bicyclic) bond motifs is 2. The van der Waals surface area contributed by atoms with E-state index in [1.54, 1.807) is 36.9 Å². The molecule has 0 aliphatic heterocycles. The summed E-state index contributed by atoms with van der Waals surface area (Å²) in [4.78, 5) is 16.7. The molecule has 4 N–H and O–H groups in total. The number of anilines is 1. The lowest BCUT2D eigenvalue weighted by molar-refractivity contribution is 0.628. The molecule has 6 aromatic rings. The molecule has 0 spiro atoms. The standard InChI is InChI=1S/C24H16FN7/c25-15-3-1-13(2-4-15)18-11-28-12-22-17(18)8-21(29-22)24-23-20(31-32-24)6-5-19(30-23)14-7-16(26)10-27-9-14/h1-12,29H,26H2,(H,31,32). The van der Waals surface area contributed by atoms with Crippen molar-refractivity contribution < 1.29 is 4.39 Å². The Labute approximate surface area is 181 Å². The number of H-pyrrole nitrogens is 2. The first-order valence-corrected chi connectivity index (χ1v) is 9.95. The van der Waals surface area contributed by atoms with E-state index in [1.165, 1.54) is 12.1 Å². The van der Waals surface area contributed by atoms with Gasteiger partial charge in [-0.2, -0.15) is 5.10 Å². The zero-order valence-corrected chi connectivity index (χ0v) is 16.7. The molecular formula is C24H16FN7. The smallest absolute Gasteiger partial charge is 0.135 e. The highest BCUT2D eigenvalue weighted by atomic mass is 19.1. The summed E-state index contributed by atoms with van der Waals surface area (Å²) < 4.78 is 13.4. The van der Waals surface area contributed by atoms with Gasteiger partial charge in [0.05, 0.1) is 34.3 Å². The number of rotatable bonds is 3. The van der Waals surface area contributed by atoms with Crippen molar-refractivity contribution in [1.82, 2.24) is 30.1 Å². The summed E-state index contributed by atoms with van der Waals surface area (Å²) in [7, 11) is 0. The van der Waals surface area contributed by atoms with E-state index >= 15 is 0 Å². The molecule has 8 heteroatoms. The lowest BCUT2D eigenvalue weighted by atomic mass is 10.0. The molecule has 0 bridgehead atoms. The summed E-state index contributed by atoms with van der Waals surface area (Å²) in [5, 5.41) is 8.51. The van der Waals surface area contributed by atoms with Gasteiger partial charge in [-0.25, -0.2) is 9.37 Å². The molecule has 0 aliphatic carbocycles. The van der Waals surface area contributed by atoms with E-state index in [-0.39, 0.29) is 5.82 Å². The average molecular weight is 421 g/mol. The van der Waals surface area contributed by atoms with E-state index in [9.17, 15) is 4.39 Å². The van der Waals surface area contributed by atoms with Crippen LogP contribution >= 0.6 is 0 Å². The topological polar surface area (TPSA) is 109 Å². The lowest BCUT2D eigenvalue weighted by Gasteiger charge is -2.02. The minimum Gasteiger partial charge on any atom is -0.397 e. The predicted molar refractivity (Wildman–Crippen MR) is 122 cm³/mol. The van der Waals surface area contributed by atoms with Crippen LogP contribution in [0.3, 0.4) is 0 Å². The molecule has 1 aromatic carbocycles. The van der Waals surface area contributed by atoms with E-state index in [4.69, 9.17) is 10.7 Å². The number of aromatic nitrogens is 6.